The average Bonchev–Trinajstić information content (AvgIpc) is 2.19. The highest BCUT2D eigenvalue weighted by Gasteiger charge is 2.16. The molecular weight excluding hydrogens is 297 g/mol. The molecule has 1 aliphatic rings. The van der Waals surface area contributed by atoms with Crippen LogP contribution >= 0.6 is 37.2 Å². The number of nitrogens with zero attached hydrogens (tertiary/aromatic N) is 2. The molecular formula is C11H22Cl3N3O. The lowest BCUT2D eigenvalue weighted by Crippen LogP contribution is -2.42. The van der Waals surface area contributed by atoms with Crippen molar-refractivity contribution in [2.45, 2.75) is 25.4 Å². The van der Waals surface area contributed by atoms with Gasteiger partial charge in [-0.2, -0.15) is 0 Å². The van der Waals surface area contributed by atoms with Gasteiger partial charge in [0.2, 0.25) is 0 Å². The molecule has 1 saturated heterocycles. The molecule has 0 amide bonds. The van der Waals surface area contributed by atoms with Crippen LogP contribution in [0.2, 0.25) is 0 Å². The van der Waals surface area contributed by atoms with E-state index in [1.807, 2.05) is 18.5 Å². The second-order valence-electron chi connectivity index (χ2n) is 4.00. The molecule has 1 fully saturated rings. The van der Waals surface area contributed by atoms with Crippen molar-refractivity contribution in [2.24, 2.45) is 5.73 Å². The maximum atomic E-state index is 5.92. The molecule has 2 heterocycles. The number of halogens is 3. The van der Waals surface area contributed by atoms with E-state index in [1.54, 1.807) is 0 Å². The molecule has 1 aromatic rings. The summed E-state index contributed by atoms with van der Waals surface area (Å²) in [7, 11) is 0. The zero-order valence-electron chi connectivity index (χ0n) is 10.1. The Hall–Kier alpha value is -0.100. The zero-order valence-corrected chi connectivity index (χ0v) is 12.6. The summed E-state index contributed by atoms with van der Waals surface area (Å²) in [5.74, 6) is 0. The summed E-state index contributed by atoms with van der Waals surface area (Å²) in [5, 5.41) is 0. The molecule has 108 valence electrons. The largest absolute Gasteiger partial charge is 0.412 e. The molecule has 0 aromatic carbocycles. The summed E-state index contributed by atoms with van der Waals surface area (Å²) in [4.78, 5) is 6.52. The molecule has 2 rings (SSSR count). The standard InChI is InChI=1S/C11H17N3.3ClH.H2O/c12-11-4-2-6-14(9-11)8-10-3-1-5-13-7-10;;;;/h1,3,5,7,11H,2,4,6,8-9,12H2;3*1H;1H2. The number of nitrogens with two attached hydrogens (primary N) is 1. The third-order valence-electron chi connectivity index (χ3n) is 2.67. The van der Waals surface area contributed by atoms with Crippen molar-refractivity contribution in [3.63, 3.8) is 0 Å². The first-order chi connectivity index (χ1) is 6.84. The van der Waals surface area contributed by atoms with Gasteiger partial charge in [0.05, 0.1) is 0 Å². The lowest BCUT2D eigenvalue weighted by Gasteiger charge is -2.30. The molecule has 1 unspecified atom stereocenters. The first-order valence-corrected chi connectivity index (χ1v) is 5.21. The minimum atomic E-state index is 0. The van der Waals surface area contributed by atoms with E-state index in [4.69, 9.17) is 5.73 Å². The first kappa shape index (κ1) is 23.0. The third-order valence-corrected chi connectivity index (χ3v) is 2.67. The molecule has 18 heavy (non-hydrogen) atoms. The van der Waals surface area contributed by atoms with Gasteiger partial charge in [-0.15, -0.1) is 37.2 Å². The number of hydrogen-bond acceptors (Lipinski definition) is 3. The monoisotopic (exact) mass is 317 g/mol. The second kappa shape index (κ2) is 12.0. The van der Waals surface area contributed by atoms with Gasteiger partial charge >= 0.3 is 0 Å². The molecule has 0 radical (unpaired) electrons. The van der Waals surface area contributed by atoms with Crippen LogP contribution < -0.4 is 5.73 Å². The highest BCUT2D eigenvalue weighted by Crippen LogP contribution is 2.11. The summed E-state index contributed by atoms with van der Waals surface area (Å²) in [6, 6.07) is 4.47. The van der Waals surface area contributed by atoms with Crippen LogP contribution in [-0.2, 0) is 6.54 Å². The van der Waals surface area contributed by atoms with Crippen LogP contribution in [0.4, 0.5) is 0 Å². The Morgan fingerprint density at radius 1 is 1.33 bits per heavy atom. The van der Waals surface area contributed by atoms with Crippen LogP contribution in [0.5, 0.6) is 0 Å². The second-order valence-corrected chi connectivity index (χ2v) is 4.00. The highest BCUT2D eigenvalue weighted by molar-refractivity contribution is 5.86. The Bertz CT molecular complexity index is 290. The van der Waals surface area contributed by atoms with Gasteiger partial charge in [-0.1, -0.05) is 6.07 Å². The van der Waals surface area contributed by atoms with Crippen LogP contribution in [0.15, 0.2) is 24.5 Å². The fraction of sp³-hybridized carbons (Fsp3) is 0.545. The molecule has 0 aliphatic carbocycles. The van der Waals surface area contributed by atoms with Crippen molar-refractivity contribution < 1.29 is 5.48 Å². The van der Waals surface area contributed by atoms with Gasteiger partial charge in [-0.05, 0) is 31.0 Å². The lowest BCUT2D eigenvalue weighted by molar-refractivity contribution is 0.201. The van der Waals surface area contributed by atoms with Gasteiger partial charge in [0, 0.05) is 31.5 Å². The van der Waals surface area contributed by atoms with Gasteiger partial charge in [0.1, 0.15) is 0 Å². The van der Waals surface area contributed by atoms with Gasteiger partial charge in [0.15, 0.2) is 0 Å². The predicted octanol–water partition coefficient (Wildman–Crippen LogP) is 1.45. The third kappa shape index (κ3) is 7.36. The molecule has 0 spiro atoms. The molecule has 0 bridgehead atoms. The number of aromatic nitrogens is 1. The normalized spacial score (nSPS) is 18.4. The molecule has 4 nitrogen and oxygen atoms in total. The lowest BCUT2D eigenvalue weighted by atomic mass is 10.1. The van der Waals surface area contributed by atoms with Crippen molar-refractivity contribution in [1.82, 2.24) is 9.88 Å². The number of rotatable bonds is 2. The van der Waals surface area contributed by atoms with Crippen LogP contribution in [0.25, 0.3) is 0 Å². The van der Waals surface area contributed by atoms with E-state index < -0.39 is 0 Å². The van der Waals surface area contributed by atoms with Gasteiger partial charge in [-0.3, -0.25) is 9.88 Å². The molecule has 1 aliphatic heterocycles. The summed E-state index contributed by atoms with van der Waals surface area (Å²) in [6.45, 7) is 3.18. The quantitative estimate of drug-likeness (QED) is 0.897. The average molecular weight is 319 g/mol. The van der Waals surface area contributed by atoms with E-state index in [1.165, 1.54) is 24.9 Å². The van der Waals surface area contributed by atoms with Crippen molar-refractivity contribution >= 4 is 37.2 Å². The number of likely N-dealkylation sites (tertiary alicyclic amines) is 1. The van der Waals surface area contributed by atoms with E-state index in [0.717, 1.165) is 13.1 Å². The van der Waals surface area contributed by atoms with E-state index in [0.29, 0.717) is 6.04 Å². The minimum absolute atomic E-state index is 0. The maximum absolute atomic E-state index is 5.92. The van der Waals surface area contributed by atoms with E-state index >= 15 is 0 Å². The molecule has 4 N–H and O–H groups in total. The topological polar surface area (TPSA) is 73.7 Å². The van der Waals surface area contributed by atoms with E-state index in [-0.39, 0.29) is 42.7 Å². The Labute approximate surface area is 127 Å². The Morgan fingerprint density at radius 3 is 2.61 bits per heavy atom. The number of pyridine rings is 1. The molecule has 1 atom stereocenters. The van der Waals surface area contributed by atoms with Crippen molar-refractivity contribution in [3.05, 3.63) is 30.1 Å². The summed E-state index contributed by atoms with van der Waals surface area (Å²) < 4.78 is 0. The van der Waals surface area contributed by atoms with Crippen molar-refractivity contribution in [3.8, 4) is 0 Å². The van der Waals surface area contributed by atoms with E-state index in [9.17, 15) is 0 Å². The molecule has 0 saturated carbocycles. The van der Waals surface area contributed by atoms with Gasteiger partial charge in [0.25, 0.3) is 0 Å². The minimum Gasteiger partial charge on any atom is -0.412 e. The molecule has 7 heteroatoms. The van der Waals surface area contributed by atoms with Crippen LogP contribution in [0.3, 0.4) is 0 Å². The fourth-order valence-electron chi connectivity index (χ4n) is 1.98. The first-order valence-electron chi connectivity index (χ1n) is 5.21. The van der Waals surface area contributed by atoms with Crippen LogP contribution in [0, 0.1) is 0 Å². The van der Waals surface area contributed by atoms with E-state index in [2.05, 4.69) is 16.0 Å². The van der Waals surface area contributed by atoms with Gasteiger partial charge in [-0.25, -0.2) is 0 Å². The smallest absolute Gasteiger partial charge is 0.0312 e. The summed E-state index contributed by atoms with van der Waals surface area (Å²) in [6.07, 6.45) is 6.14. The highest BCUT2D eigenvalue weighted by atomic mass is 35.5. The van der Waals surface area contributed by atoms with Crippen molar-refractivity contribution in [1.29, 1.82) is 0 Å². The SMILES string of the molecule is Cl.Cl.Cl.NC1CCCN(Cc2cccnc2)C1.O. The van der Waals surface area contributed by atoms with Gasteiger partial charge < -0.3 is 11.2 Å². The Kier molecular flexibility index (Phi) is 15.3. The van der Waals surface area contributed by atoms with Crippen LogP contribution in [0.1, 0.15) is 18.4 Å². The van der Waals surface area contributed by atoms with Crippen LogP contribution in [-0.4, -0.2) is 34.5 Å². The molecule has 1 aromatic heterocycles. The number of hydrogen-bond donors (Lipinski definition) is 1. The maximum Gasteiger partial charge on any atom is 0.0312 e. The zero-order chi connectivity index (χ0) is 9.80. The summed E-state index contributed by atoms with van der Waals surface area (Å²) in [5.41, 5.74) is 7.20. The Balaban J connectivity index is -0.000000562. The predicted molar refractivity (Wildman–Crippen MR) is 82.1 cm³/mol. The Morgan fingerprint density at radius 2 is 2.06 bits per heavy atom. The fourth-order valence-corrected chi connectivity index (χ4v) is 1.98. The van der Waals surface area contributed by atoms with Crippen molar-refractivity contribution in [2.75, 3.05) is 13.1 Å². The number of piperidine rings is 1. The summed E-state index contributed by atoms with van der Waals surface area (Å²) >= 11 is 0.